The van der Waals surface area contributed by atoms with E-state index in [2.05, 4.69) is 4.84 Å². The zero-order chi connectivity index (χ0) is 31.9. The van der Waals surface area contributed by atoms with E-state index >= 15 is 4.39 Å². The van der Waals surface area contributed by atoms with Crippen molar-refractivity contribution in [1.82, 2.24) is 0 Å². The number of ketones is 2. The molecule has 0 radical (unpaired) electrons. The molecule has 11 nitrogen and oxygen atoms in total. The molecule has 6 rings (SSSR count). The van der Waals surface area contributed by atoms with Crippen LogP contribution in [0.1, 0.15) is 69.3 Å². The Kier molecular flexibility index (Phi) is 6.95. The lowest BCUT2D eigenvalue weighted by Gasteiger charge is -2.62. The molecular weight excluding hydrogens is 577 g/mol. The van der Waals surface area contributed by atoms with Crippen LogP contribution in [0.3, 0.4) is 0 Å². The van der Waals surface area contributed by atoms with Crippen LogP contribution in [0.2, 0.25) is 0 Å². The summed E-state index contributed by atoms with van der Waals surface area (Å²) in [7, 11) is 0. The maximum atomic E-state index is 17.5. The maximum Gasteiger partial charge on any atom is 0.338 e. The molecule has 0 unspecified atom stereocenters. The number of allylic oxidation sites excluding steroid dienone is 4. The van der Waals surface area contributed by atoms with Crippen molar-refractivity contribution in [2.24, 2.45) is 22.7 Å². The molecule has 12 heteroatoms. The van der Waals surface area contributed by atoms with E-state index in [9.17, 15) is 29.6 Å². The highest BCUT2D eigenvalue weighted by molar-refractivity contribution is 6.01. The van der Waals surface area contributed by atoms with Crippen LogP contribution in [0.4, 0.5) is 4.39 Å². The first kappa shape index (κ1) is 30.5. The first-order valence-electron chi connectivity index (χ1n) is 14.8. The summed E-state index contributed by atoms with van der Waals surface area (Å²) in [6, 6.07) is 5.78. The fourth-order valence-electron chi connectivity index (χ4n) is 8.99. The number of carbonyl (C=O) groups excluding carboxylic acids is 3. The molecule has 1 N–H and O–H groups in total. The number of rotatable bonds is 7. The van der Waals surface area contributed by atoms with Gasteiger partial charge in [-0.2, -0.15) is 0 Å². The van der Waals surface area contributed by atoms with E-state index in [1.165, 1.54) is 36.4 Å². The largest absolute Gasteiger partial charge is 0.454 e. The molecule has 0 aromatic heterocycles. The van der Waals surface area contributed by atoms with Crippen LogP contribution >= 0.6 is 0 Å². The predicted octanol–water partition coefficient (Wildman–Crippen LogP) is 3.99. The van der Waals surface area contributed by atoms with Crippen molar-refractivity contribution >= 4 is 17.5 Å². The average Bonchev–Trinajstić information content (AvgIpc) is 3.37. The summed E-state index contributed by atoms with van der Waals surface area (Å²) in [5, 5.41) is 21.2. The van der Waals surface area contributed by atoms with Crippen molar-refractivity contribution in [2.45, 2.75) is 89.2 Å². The van der Waals surface area contributed by atoms with Gasteiger partial charge in [-0.05, 0) is 82.2 Å². The van der Waals surface area contributed by atoms with Crippen molar-refractivity contribution in [3.05, 3.63) is 69.3 Å². The molecule has 4 fully saturated rings. The molecule has 236 valence electrons. The molecule has 44 heavy (non-hydrogen) atoms. The van der Waals surface area contributed by atoms with Gasteiger partial charge in [-0.1, -0.05) is 30.7 Å². The fourth-order valence-corrected chi connectivity index (χ4v) is 8.99. The van der Waals surface area contributed by atoms with Gasteiger partial charge in [0.25, 0.3) is 5.09 Å². The van der Waals surface area contributed by atoms with E-state index in [0.717, 1.165) is 0 Å². The Morgan fingerprint density at radius 1 is 1.16 bits per heavy atom. The van der Waals surface area contributed by atoms with Gasteiger partial charge in [0.15, 0.2) is 29.4 Å². The molecule has 5 aliphatic rings. The fraction of sp³-hybridized carbons (Fsp3) is 0.594. The first-order chi connectivity index (χ1) is 20.6. The van der Waals surface area contributed by atoms with Gasteiger partial charge in [0.2, 0.25) is 5.78 Å². The van der Waals surface area contributed by atoms with Gasteiger partial charge >= 0.3 is 5.97 Å². The zero-order valence-electron chi connectivity index (χ0n) is 25.0. The number of halogens is 1. The highest BCUT2D eigenvalue weighted by Gasteiger charge is 2.80. The minimum atomic E-state index is -2.08. The Bertz CT molecular complexity index is 1490. The van der Waals surface area contributed by atoms with Crippen LogP contribution in [-0.4, -0.2) is 63.6 Å². The summed E-state index contributed by atoms with van der Waals surface area (Å²) in [6.07, 6.45) is 3.26. The number of nitrogens with zero attached hydrogens (tertiary/aromatic N) is 1. The highest BCUT2D eigenvalue weighted by atomic mass is 19.1. The molecule has 4 aliphatic carbocycles. The molecule has 1 aromatic rings. The standard InChI is InChI=1S/C32H36FNO10/c1-28(2)43-26-14-23-22-10-9-20-13-21(35)11-12-29(20,3)31(22,33)24(36)15-30(23,4)32(26,44-28)25(37)17-41-27(38)19-7-5-18(6-8-19)16-42-34(39)40/h5-8,11-13,22-24,26,36H,9-10,14-17H2,1-4H3/t22-,23-,24-,26+,29-,30-,31-,32+/m0/s1. The third-order valence-electron chi connectivity index (χ3n) is 10.9. The summed E-state index contributed by atoms with van der Waals surface area (Å²) >= 11 is 0. The molecule has 0 spiro atoms. The normalized spacial score (nSPS) is 39.8. The molecule has 1 saturated heterocycles. The lowest BCUT2D eigenvalue weighted by Crippen LogP contribution is -2.70. The van der Waals surface area contributed by atoms with Crippen molar-refractivity contribution in [1.29, 1.82) is 0 Å². The Balaban J connectivity index is 1.27. The molecule has 1 aliphatic heterocycles. The van der Waals surface area contributed by atoms with E-state index in [0.29, 0.717) is 30.4 Å². The number of aliphatic hydroxyl groups excluding tert-OH is 1. The second-order valence-electron chi connectivity index (χ2n) is 13.5. The number of ether oxygens (including phenoxy) is 3. The summed E-state index contributed by atoms with van der Waals surface area (Å²) < 4.78 is 35.7. The van der Waals surface area contributed by atoms with Crippen molar-refractivity contribution in [3.8, 4) is 0 Å². The number of esters is 1. The van der Waals surface area contributed by atoms with Gasteiger partial charge in [0.1, 0.15) is 6.61 Å². The Labute approximate surface area is 253 Å². The predicted molar refractivity (Wildman–Crippen MR) is 150 cm³/mol. The average molecular weight is 614 g/mol. The summed E-state index contributed by atoms with van der Waals surface area (Å²) in [4.78, 5) is 54.0. The lowest BCUT2D eigenvalue weighted by molar-refractivity contribution is -0.763. The van der Waals surface area contributed by atoms with Crippen molar-refractivity contribution in [2.75, 3.05) is 6.61 Å². The van der Waals surface area contributed by atoms with E-state index < -0.39 is 75.4 Å². The third kappa shape index (κ3) is 4.21. The number of aliphatic hydroxyl groups is 1. The molecule has 0 amide bonds. The first-order valence-corrected chi connectivity index (χ1v) is 14.8. The Morgan fingerprint density at radius 3 is 2.55 bits per heavy atom. The van der Waals surface area contributed by atoms with Gasteiger partial charge < -0.3 is 24.2 Å². The number of fused-ring (bicyclic) bond motifs is 7. The molecule has 3 saturated carbocycles. The van der Waals surface area contributed by atoms with E-state index in [1.807, 2.05) is 6.92 Å². The van der Waals surface area contributed by atoms with Gasteiger partial charge in [-0.3, -0.25) is 9.59 Å². The SMILES string of the molecule is CC1(C)O[C@@H]2C[C@H]3[C@@H]4CCC5=CC(=O)C=C[C@]5(C)[C@@]4(F)[C@@H](O)C[C@]3(C)[C@]2(C(=O)COC(=O)c2ccc(CO[N+](=O)[O-])cc2)O1. The number of benzene rings is 1. The Morgan fingerprint density at radius 2 is 1.86 bits per heavy atom. The topological polar surface area (TPSA) is 152 Å². The van der Waals surface area contributed by atoms with Crippen LogP contribution < -0.4 is 0 Å². The Hall–Kier alpha value is -3.48. The molecule has 1 heterocycles. The van der Waals surface area contributed by atoms with Crippen molar-refractivity contribution in [3.63, 3.8) is 0 Å². The lowest BCUT2D eigenvalue weighted by atomic mass is 9.44. The molecule has 1 aromatic carbocycles. The van der Waals surface area contributed by atoms with Crippen LogP contribution in [0.5, 0.6) is 0 Å². The number of alkyl halides is 1. The maximum absolute atomic E-state index is 17.5. The molecule has 0 bridgehead atoms. The second kappa shape index (κ2) is 10.0. The van der Waals surface area contributed by atoms with Crippen LogP contribution in [-0.2, 0) is 35.2 Å². The number of hydrogen-bond donors (Lipinski definition) is 1. The number of Topliss-reactive ketones (excluding diaryl/α,β-unsaturated/α-hetero) is 1. The summed E-state index contributed by atoms with van der Waals surface area (Å²) in [5.74, 6) is -3.73. The van der Waals surface area contributed by atoms with Gasteiger partial charge in [-0.15, -0.1) is 10.1 Å². The summed E-state index contributed by atoms with van der Waals surface area (Å²) in [5.41, 5.74) is -4.67. The second-order valence-corrected chi connectivity index (χ2v) is 13.5. The van der Waals surface area contributed by atoms with Gasteiger partial charge in [-0.25, -0.2) is 9.18 Å². The summed E-state index contributed by atoms with van der Waals surface area (Å²) in [6.45, 7) is 6.03. The zero-order valence-corrected chi connectivity index (χ0v) is 25.0. The van der Waals surface area contributed by atoms with Crippen molar-refractivity contribution < 1.29 is 48.0 Å². The monoisotopic (exact) mass is 613 g/mol. The minimum absolute atomic E-state index is 0.0986. The smallest absolute Gasteiger partial charge is 0.338 e. The minimum Gasteiger partial charge on any atom is -0.454 e. The van der Waals surface area contributed by atoms with E-state index in [4.69, 9.17) is 14.2 Å². The van der Waals surface area contributed by atoms with E-state index in [-0.39, 0.29) is 24.4 Å². The highest BCUT2D eigenvalue weighted by Crippen LogP contribution is 2.72. The van der Waals surface area contributed by atoms with Gasteiger partial charge in [0, 0.05) is 16.7 Å². The molecule has 8 atom stereocenters. The van der Waals surface area contributed by atoms with Crippen LogP contribution in [0, 0.1) is 32.8 Å². The third-order valence-corrected chi connectivity index (χ3v) is 10.9. The molecular formula is C32H36FNO10. The number of carbonyl (C=O) groups is 3. The quantitative estimate of drug-likeness (QED) is 0.272. The number of hydrogen-bond acceptors (Lipinski definition) is 10. The van der Waals surface area contributed by atoms with Crippen LogP contribution in [0.25, 0.3) is 0 Å². The van der Waals surface area contributed by atoms with E-state index in [1.54, 1.807) is 26.8 Å². The van der Waals surface area contributed by atoms with Crippen LogP contribution in [0.15, 0.2) is 48.1 Å². The van der Waals surface area contributed by atoms with Gasteiger partial charge in [0.05, 0.1) is 17.8 Å².